The minimum atomic E-state index is 0.160. The third-order valence-corrected chi connectivity index (χ3v) is 5.43. The Morgan fingerprint density at radius 2 is 2.00 bits per heavy atom. The molecule has 1 fully saturated rings. The molecule has 0 amide bonds. The summed E-state index contributed by atoms with van der Waals surface area (Å²) < 4.78 is 0. The number of fused-ring (bicyclic) bond motifs is 1. The molecule has 23 heavy (non-hydrogen) atoms. The van der Waals surface area contributed by atoms with Crippen LogP contribution in [0, 0.1) is 6.92 Å². The first-order valence-electron chi connectivity index (χ1n) is 8.65. The van der Waals surface area contributed by atoms with Gasteiger partial charge in [-0.3, -0.25) is 4.99 Å². The molecule has 1 aliphatic carbocycles. The lowest BCUT2D eigenvalue weighted by Gasteiger charge is -2.43. The lowest BCUT2D eigenvalue weighted by molar-refractivity contribution is 0.247. The highest BCUT2D eigenvalue weighted by Gasteiger charge is 2.41. The predicted molar refractivity (Wildman–Crippen MR) is 100 cm³/mol. The van der Waals surface area contributed by atoms with Crippen LogP contribution < -0.4 is 0 Å². The molecule has 1 nitrogen and oxygen atoms in total. The normalized spacial score (nSPS) is 19.9. The summed E-state index contributed by atoms with van der Waals surface area (Å²) in [4.78, 5) is 5.26. The van der Waals surface area contributed by atoms with Crippen molar-refractivity contribution in [2.24, 2.45) is 4.99 Å². The minimum absolute atomic E-state index is 0.160. The van der Waals surface area contributed by atoms with Gasteiger partial charge in [0.05, 0.1) is 11.3 Å². The molecule has 1 heterocycles. The summed E-state index contributed by atoms with van der Waals surface area (Å²) in [6, 6.07) is 6.63. The topological polar surface area (TPSA) is 12.4 Å². The molecule has 0 aromatic heterocycles. The summed E-state index contributed by atoms with van der Waals surface area (Å²) in [6.45, 7) is 12.6. The van der Waals surface area contributed by atoms with Crippen molar-refractivity contribution in [2.75, 3.05) is 0 Å². The first kappa shape index (κ1) is 16.0. The van der Waals surface area contributed by atoms with E-state index in [1.807, 2.05) is 0 Å². The average molecular weight is 305 g/mol. The molecule has 1 spiro atoms. The van der Waals surface area contributed by atoms with E-state index in [1.165, 1.54) is 52.8 Å². The number of hydrogen-bond acceptors (Lipinski definition) is 1. The van der Waals surface area contributed by atoms with E-state index < -0.39 is 0 Å². The van der Waals surface area contributed by atoms with Gasteiger partial charge in [0.15, 0.2) is 0 Å². The van der Waals surface area contributed by atoms with E-state index in [0.717, 1.165) is 12.0 Å². The van der Waals surface area contributed by atoms with Crippen LogP contribution in [0.2, 0.25) is 0 Å². The van der Waals surface area contributed by atoms with E-state index in [4.69, 9.17) is 4.99 Å². The van der Waals surface area contributed by atoms with Gasteiger partial charge in [0.25, 0.3) is 0 Å². The first-order valence-corrected chi connectivity index (χ1v) is 8.65. The second kappa shape index (κ2) is 5.96. The number of aliphatic imine (C=N–C) groups is 1. The van der Waals surface area contributed by atoms with Gasteiger partial charge in [-0.2, -0.15) is 0 Å². The van der Waals surface area contributed by atoms with Gasteiger partial charge in [-0.05, 0) is 81.7 Å². The largest absolute Gasteiger partial charge is 0.277 e. The minimum Gasteiger partial charge on any atom is -0.277 e. The Hall–Kier alpha value is -1.89. The third kappa shape index (κ3) is 2.85. The Labute approximate surface area is 140 Å². The van der Waals surface area contributed by atoms with Gasteiger partial charge in [-0.15, -0.1) is 0 Å². The Bertz CT molecular complexity index is 739. The van der Waals surface area contributed by atoms with E-state index in [1.54, 1.807) is 0 Å². The van der Waals surface area contributed by atoms with Crippen LogP contribution in [0.1, 0.15) is 56.7 Å². The van der Waals surface area contributed by atoms with Crippen molar-refractivity contribution in [2.45, 2.75) is 58.9 Å². The molecule has 0 unspecified atom stereocenters. The van der Waals surface area contributed by atoms with E-state index in [9.17, 15) is 0 Å². The molecule has 0 N–H and O–H groups in total. The van der Waals surface area contributed by atoms with Crippen molar-refractivity contribution >= 4 is 5.71 Å². The predicted octanol–water partition coefficient (Wildman–Crippen LogP) is 5.73. The van der Waals surface area contributed by atoms with Gasteiger partial charge < -0.3 is 0 Å². The van der Waals surface area contributed by atoms with Crippen LogP contribution in [0.25, 0.3) is 0 Å². The third-order valence-electron chi connectivity index (χ3n) is 5.43. The fourth-order valence-electron chi connectivity index (χ4n) is 3.56. The van der Waals surface area contributed by atoms with Crippen LogP contribution >= 0.6 is 0 Å². The second-order valence-corrected chi connectivity index (χ2v) is 7.17. The highest BCUT2D eigenvalue weighted by atomic mass is 14.9. The van der Waals surface area contributed by atoms with Gasteiger partial charge in [-0.25, -0.2) is 0 Å². The molecule has 1 aromatic carbocycles. The number of aryl methyl sites for hydroxylation is 1. The molecule has 0 saturated heterocycles. The second-order valence-electron chi connectivity index (χ2n) is 7.17. The quantitative estimate of drug-likeness (QED) is 0.632. The maximum absolute atomic E-state index is 5.26. The lowest BCUT2D eigenvalue weighted by atomic mass is 9.69. The molecular weight excluding hydrogens is 278 g/mol. The van der Waals surface area contributed by atoms with Crippen molar-refractivity contribution < 1.29 is 0 Å². The average Bonchev–Trinajstić information content (AvgIpc) is 2.50. The van der Waals surface area contributed by atoms with Crippen molar-refractivity contribution in [3.05, 3.63) is 70.3 Å². The molecule has 2 aliphatic rings. The van der Waals surface area contributed by atoms with Gasteiger partial charge in [-0.1, -0.05) is 36.4 Å². The molecule has 0 atom stereocenters. The summed E-state index contributed by atoms with van der Waals surface area (Å²) in [6.07, 6.45) is 9.30. The van der Waals surface area contributed by atoms with Crippen LogP contribution in [0.3, 0.4) is 0 Å². The summed E-state index contributed by atoms with van der Waals surface area (Å²) in [5.74, 6) is 0. The zero-order valence-corrected chi connectivity index (χ0v) is 14.9. The number of benzene rings is 1. The molecule has 120 valence electrons. The van der Waals surface area contributed by atoms with Crippen LogP contribution in [-0.2, 0) is 6.42 Å². The molecular formula is C22H27N. The monoisotopic (exact) mass is 305 g/mol. The Morgan fingerprint density at radius 1 is 1.26 bits per heavy atom. The van der Waals surface area contributed by atoms with Crippen LogP contribution in [-0.4, -0.2) is 11.3 Å². The number of hydrogen-bond donors (Lipinski definition) is 0. The molecule has 1 saturated carbocycles. The first-order chi connectivity index (χ1) is 11.0. The number of allylic oxidation sites excluding steroid dienone is 5. The summed E-state index contributed by atoms with van der Waals surface area (Å²) in [7, 11) is 0. The SMILES string of the molecule is C=C(C)/C(C)=C\C(=C/C)C1=NC2(CCC2)Cc2c(C)cccc21. The standard InChI is InChI=1S/C22H27N/c1-6-18(13-17(5)15(2)3)21-19-10-7-9-16(4)20(19)14-22(23-21)11-8-12-22/h6-7,9-10,13H,2,8,11-12,14H2,1,3-5H3/b17-13-,18-6+. The van der Waals surface area contributed by atoms with E-state index in [0.29, 0.717) is 0 Å². The van der Waals surface area contributed by atoms with Crippen LogP contribution in [0.15, 0.2) is 58.6 Å². The van der Waals surface area contributed by atoms with Gasteiger partial charge >= 0.3 is 0 Å². The van der Waals surface area contributed by atoms with Crippen molar-refractivity contribution in [1.82, 2.24) is 0 Å². The van der Waals surface area contributed by atoms with E-state index in [2.05, 4.69) is 64.6 Å². The molecule has 0 radical (unpaired) electrons. The highest BCUT2D eigenvalue weighted by molar-refractivity contribution is 6.16. The van der Waals surface area contributed by atoms with Gasteiger partial charge in [0.1, 0.15) is 0 Å². The Morgan fingerprint density at radius 3 is 2.57 bits per heavy atom. The number of nitrogens with zero attached hydrogens (tertiary/aromatic N) is 1. The summed E-state index contributed by atoms with van der Waals surface area (Å²) in [5, 5.41) is 0. The van der Waals surface area contributed by atoms with Crippen LogP contribution in [0.4, 0.5) is 0 Å². The van der Waals surface area contributed by atoms with Crippen LogP contribution in [0.5, 0.6) is 0 Å². The molecule has 1 aromatic rings. The Kier molecular flexibility index (Phi) is 4.14. The van der Waals surface area contributed by atoms with E-state index >= 15 is 0 Å². The van der Waals surface area contributed by atoms with Crippen molar-refractivity contribution in [1.29, 1.82) is 0 Å². The van der Waals surface area contributed by atoms with Crippen molar-refractivity contribution in [3.8, 4) is 0 Å². The molecule has 0 bridgehead atoms. The molecule has 3 rings (SSSR count). The zero-order chi connectivity index (χ0) is 16.6. The van der Waals surface area contributed by atoms with E-state index in [-0.39, 0.29) is 5.54 Å². The van der Waals surface area contributed by atoms with Crippen molar-refractivity contribution in [3.63, 3.8) is 0 Å². The van der Waals surface area contributed by atoms with Gasteiger partial charge in [0.2, 0.25) is 0 Å². The fraction of sp³-hybridized carbons (Fsp3) is 0.409. The Balaban J connectivity index is 2.14. The lowest BCUT2D eigenvalue weighted by Crippen LogP contribution is -2.42. The molecule has 1 heteroatoms. The summed E-state index contributed by atoms with van der Waals surface area (Å²) in [5.41, 5.74) is 9.12. The maximum Gasteiger partial charge on any atom is 0.0725 e. The smallest absolute Gasteiger partial charge is 0.0725 e. The maximum atomic E-state index is 5.26. The van der Waals surface area contributed by atoms with Gasteiger partial charge in [0, 0.05) is 5.56 Å². The summed E-state index contributed by atoms with van der Waals surface area (Å²) >= 11 is 0. The number of rotatable bonds is 3. The fourth-order valence-corrected chi connectivity index (χ4v) is 3.56. The highest BCUT2D eigenvalue weighted by Crippen LogP contribution is 2.44. The molecule has 1 aliphatic heterocycles. The zero-order valence-electron chi connectivity index (χ0n) is 14.9.